The van der Waals surface area contributed by atoms with Gasteiger partial charge < -0.3 is 0 Å². The molecule has 19 heavy (non-hydrogen) atoms. The van der Waals surface area contributed by atoms with E-state index in [2.05, 4.69) is 0 Å². The van der Waals surface area contributed by atoms with E-state index in [0.29, 0.717) is 5.75 Å². The van der Waals surface area contributed by atoms with E-state index in [1.165, 1.54) is 7.94 Å². The summed E-state index contributed by atoms with van der Waals surface area (Å²) in [6.07, 6.45) is 0.192. The van der Waals surface area contributed by atoms with Crippen LogP contribution >= 0.6 is 11.6 Å². The summed E-state index contributed by atoms with van der Waals surface area (Å²) in [5.74, 6) is 1.45. The Balaban J connectivity index is 2.28. The van der Waals surface area contributed by atoms with Gasteiger partial charge in [0.2, 0.25) is 0 Å². The molecule has 0 fully saturated rings. The molecule has 0 heterocycles. The standard InChI is InChI=1S/C15H12ClO2.Y/c1-11-6-8-13(9-7-11)18-14-5-3-2-4-12(14)10-15(16)17;/h3-9H,10H2,1H3;. The first kappa shape index (κ1) is 14.7. The van der Waals surface area contributed by atoms with Crippen molar-refractivity contribution >= 4 is 19.2 Å². The van der Waals surface area contributed by atoms with Gasteiger partial charge in [-0.1, -0.05) is 0 Å². The Morgan fingerprint density at radius 1 is 1.21 bits per heavy atom. The molecule has 0 aliphatic carbocycles. The van der Waals surface area contributed by atoms with E-state index in [1.807, 2.05) is 49.4 Å². The average molecular weight is 349 g/mol. The molecule has 0 aliphatic heterocycles. The molecular formula is C15H12ClO2Y. The van der Waals surface area contributed by atoms with E-state index in [9.17, 15) is 4.79 Å². The van der Waals surface area contributed by atoms with Crippen LogP contribution < -0.4 is 7.11 Å². The second kappa shape index (κ2) is 6.65. The monoisotopic (exact) mass is 348 g/mol. The third-order valence-corrected chi connectivity index (χ3v) is 3.68. The fourth-order valence-corrected chi connectivity index (χ4v) is 2.60. The molecule has 2 aromatic carbocycles. The van der Waals surface area contributed by atoms with Crippen molar-refractivity contribution in [1.82, 2.24) is 0 Å². The molecule has 0 unspecified atom stereocenters. The molecule has 2 rings (SSSR count). The van der Waals surface area contributed by atoms with Crippen LogP contribution in [0.1, 0.15) is 11.1 Å². The topological polar surface area (TPSA) is 26.3 Å². The number of benzene rings is 2. The van der Waals surface area contributed by atoms with Gasteiger partial charge in [-0.05, 0) is 0 Å². The second-order valence-corrected chi connectivity index (χ2v) is 6.37. The first-order valence-corrected chi connectivity index (χ1v) is 7.65. The second-order valence-electron chi connectivity index (χ2n) is 4.31. The van der Waals surface area contributed by atoms with Gasteiger partial charge >= 0.3 is 138 Å². The Bertz CT molecular complexity index is 594. The number of carbonyl (C=O) groups is 1. The Kier molecular flexibility index (Phi) is 5.15. The maximum atomic E-state index is 11.1. The molecule has 4 heteroatoms. The molecular weight excluding hydrogens is 337 g/mol. The summed E-state index contributed by atoms with van der Waals surface area (Å²) in [5, 5.41) is -0.375. The van der Waals surface area contributed by atoms with Gasteiger partial charge in [0.25, 0.3) is 0 Å². The van der Waals surface area contributed by atoms with Crippen LogP contribution in [-0.2, 0) is 42.2 Å². The fraction of sp³-hybridized carbons (Fsp3) is 0.133. The quantitative estimate of drug-likeness (QED) is 0.793. The van der Waals surface area contributed by atoms with Crippen LogP contribution in [-0.4, -0.2) is 5.24 Å². The fourth-order valence-electron chi connectivity index (χ4n) is 1.72. The molecule has 94 valence electrons. The zero-order valence-electron chi connectivity index (χ0n) is 10.5. The minimum atomic E-state index is -0.375. The first-order valence-electron chi connectivity index (χ1n) is 5.86. The van der Waals surface area contributed by atoms with Gasteiger partial charge in [0.1, 0.15) is 0 Å². The normalized spacial score (nSPS) is 10.2. The third kappa shape index (κ3) is 4.41. The zero-order chi connectivity index (χ0) is 13.8. The van der Waals surface area contributed by atoms with Crippen LogP contribution in [0.3, 0.4) is 0 Å². The van der Waals surface area contributed by atoms with E-state index in [4.69, 9.17) is 16.3 Å². The van der Waals surface area contributed by atoms with Crippen LogP contribution in [0.5, 0.6) is 11.5 Å². The molecule has 0 saturated heterocycles. The van der Waals surface area contributed by atoms with E-state index in [0.717, 1.165) is 42.3 Å². The summed E-state index contributed by atoms with van der Waals surface area (Å²) in [6.45, 7) is 2.03. The Morgan fingerprint density at radius 3 is 2.53 bits per heavy atom. The van der Waals surface area contributed by atoms with Crippen molar-refractivity contribution in [3.63, 3.8) is 0 Å². The van der Waals surface area contributed by atoms with Crippen molar-refractivity contribution in [2.45, 2.75) is 13.3 Å². The third-order valence-electron chi connectivity index (χ3n) is 2.66. The van der Waals surface area contributed by atoms with Crippen molar-refractivity contribution in [3.05, 3.63) is 53.6 Å². The van der Waals surface area contributed by atoms with Crippen LogP contribution in [0, 0.1) is 6.92 Å². The number of ether oxygens (including phenoxy) is 1. The predicted octanol–water partition coefficient (Wildman–Crippen LogP) is 3.27. The minimum absolute atomic E-state index is 0.192. The van der Waals surface area contributed by atoms with E-state index in [1.54, 1.807) is 0 Å². The molecule has 0 saturated carbocycles. The summed E-state index contributed by atoms with van der Waals surface area (Å²) in [6, 6.07) is 13.7. The number of carbonyl (C=O) groups excluding carboxylic acids is 1. The molecule has 0 aromatic heterocycles. The van der Waals surface area contributed by atoms with E-state index < -0.39 is 0 Å². The van der Waals surface area contributed by atoms with Gasteiger partial charge in [-0.2, -0.15) is 0 Å². The van der Waals surface area contributed by atoms with Crippen LogP contribution in [0.15, 0.2) is 42.5 Å². The van der Waals surface area contributed by atoms with Gasteiger partial charge in [-0.3, -0.25) is 0 Å². The molecule has 0 aliphatic rings. The van der Waals surface area contributed by atoms with Crippen molar-refractivity contribution < 1.29 is 40.5 Å². The van der Waals surface area contributed by atoms with Gasteiger partial charge in [0, 0.05) is 0 Å². The Hall–Kier alpha value is -0.696. The molecule has 2 nitrogen and oxygen atoms in total. The number of halogens is 1. The Morgan fingerprint density at radius 2 is 1.89 bits per heavy atom. The summed E-state index contributed by atoms with van der Waals surface area (Å²) < 4.78 is 7.03. The van der Waals surface area contributed by atoms with E-state index in [-0.39, 0.29) is 11.7 Å². The summed E-state index contributed by atoms with van der Waals surface area (Å²) in [4.78, 5) is 11.1. The van der Waals surface area contributed by atoms with Crippen LogP contribution in [0.2, 0.25) is 0 Å². The van der Waals surface area contributed by atoms with Crippen molar-refractivity contribution in [3.8, 4) is 11.5 Å². The van der Waals surface area contributed by atoms with Crippen LogP contribution in [0.25, 0.3) is 0 Å². The predicted molar refractivity (Wildman–Crippen MR) is 71.9 cm³/mol. The Labute approximate surface area is 137 Å². The number of hydrogen-bond donors (Lipinski definition) is 0. The molecule has 0 atom stereocenters. The summed E-state index contributed by atoms with van der Waals surface area (Å²) >= 11 is 6.48. The molecule has 0 amide bonds. The van der Waals surface area contributed by atoms with Crippen molar-refractivity contribution in [1.29, 1.82) is 0 Å². The summed E-state index contributed by atoms with van der Waals surface area (Å²) in [5.41, 5.74) is 2.02. The van der Waals surface area contributed by atoms with Gasteiger partial charge in [-0.15, -0.1) is 0 Å². The average Bonchev–Trinajstić information content (AvgIpc) is 2.34. The number of aryl methyl sites for hydroxylation is 1. The zero-order valence-corrected chi connectivity index (χ0v) is 14.1. The summed E-state index contributed by atoms with van der Waals surface area (Å²) in [7, 11) is 0. The first-order chi connectivity index (χ1) is 9.04. The maximum absolute atomic E-state index is 11.1. The van der Waals surface area contributed by atoms with Crippen molar-refractivity contribution in [2.24, 2.45) is 0 Å². The molecule has 0 bridgehead atoms. The SMILES string of the molecule is Cc1ccc(Oc2cc[c]([Y])cc2CC(=O)Cl)cc1. The van der Waals surface area contributed by atoms with E-state index >= 15 is 0 Å². The van der Waals surface area contributed by atoms with Crippen molar-refractivity contribution in [2.75, 3.05) is 0 Å². The molecule has 0 N–H and O–H groups in total. The van der Waals surface area contributed by atoms with Gasteiger partial charge in [0.05, 0.1) is 0 Å². The van der Waals surface area contributed by atoms with Gasteiger partial charge in [-0.25, -0.2) is 0 Å². The molecule has 2 aromatic rings. The molecule has 0 spiro atoms. The van der Waals surface area contributed by atoms with Crippen LogP contribution in [0.4, 0.5) is 0 Å². The molecule has 0 radical (unpaired) electrons. The number of rotatable bonds is 4. The number of hydrogen-bond acceptors (Lipinski definition) is 2. The van der Waals surface area contributed by atoms with Gasteiger partial charge in [0.15, 0.2) is 0 Å².